The van der Waals surface area contributed by atoms with Gasteiger partial charge in [-0.2, -0.15) is 4.98 Å². The Morgan fingerprint density at radius 2 is 1.83 bits per heavy atom. The van der Waals surface area contributed by atoms with Gasteiger partial charge < -0.3 is 24.3 Å². The van der Waals surface area contributed by atoms with Crippen LogP contribution in [0.15, 0.2) is 30.3 Å². The minimum absolute atomic E-state index is 0.0171. The number of fused-ring (bicyclic) bond motifs is 1. The number of benzene rings is 1. The maximum Gasteiger partial charge on any atom is 0.296 e. The van der Waals surface area contributed by atoms with Gasteiger partial charge in [0.25, 0.3) is 6.01 Å². The van der Waals surface area contributed by atoms with Crippen molar-refractivity contribution in [2.45, 2.75) is 45.1 Å². The summed E-state index contributed by atoms with van der Waals surface area (Å²) in [4.78, 5) is 39.8. The van der Waals surface area contributed by atoms with Crippen molar-refractivity contribution >= 4 is 40.1 Å². The summed E-state index contributed by atoms with van der Waals surface area (Å²) in [6.07, 6.45) is 4.12. The number of piperidine rings is 1. The van der Waals surface area contributed by atoms with E-state index in [1.807, 2.05) is 18.2 Å². The first-order valence-electron chi connectivity index (χ1n) is 12.6. The number of Topliss-reactive ketones (excluding diaryl/α,β-unsaturated/α-hetero) is 1. The number of aromatic nitrogens is 3. The van der Waals surface area contributed by atoms with E-state index in [1.165, 1.54) is 5.69 Å². The number of aromatic amines is 1. The monoisotopic (exact) mass is 509 g/mol. The summed E-state index contributed by atoms with van der Waals surface area (Å²) in [5, 5.41) is 0.538. The lowest BCUT2D eigenvalue weighted by atomic mass is 9.81. The maximum atomic E-state index is 12.0. The Labute approximate surface area is 216 Å². The lowest BCUT2D eigenvalue weighted by Crippen LogP contribution is -2.43. The second-order valence-corrected chi connectivity index (χ2v) is 10.7. The molecular formula is C27H32ClN5O3. The van der Waals surface area contributed by atoms with Crippen LogP contribution >= 0.6 is 11.6 Å². The molecule has 2 fully saturated rings. The predicted molar refractivity (Wildman–Crippen MR) is 140 cm³/mol. The topological polar surface area (TPSA) is 91.4 Å². The van der Waals surface area contributed by atoms with Crippen molar-refractivity contribution in [1.82, 2.24) is 19.9 Å². The zero-order chi connectivity index (χ0) is 25.4. The second kappa shape index (κ2) is 10.1. The van der Waals surface area contributed by atoms with Crippen LogP contribution in [0.2, 0.25) is 5.02 Å². The molecule has 190 valence electrons. The molecule has 1 saturated heterocycles. The van der Waals surface area contributed by atoms with Crippen molar-refractivity contribution in [1.29, 1.82) is 0 Å². The number of anilines is 1. The van der Waals surface area contributed by atoms with Crippen molar-refractivity contribution in [2.24, 2.45) is 11.8 Å². The molecule has 2 aromatic heterocycles. The molecule has 36 heavy (non-hydrogen) atoms. The van der Waals surface area contributed by atoms with Crippen LogP contribution in [0.25, 0.3) is 22.4 Å². The fraction of sp³-hybridized carbons (Fsp3) is 0.481. The molecule has 0 bridgehead atoms. The number of ether oxygens (including phenoxy) is 1. The Balaban J connectivity index is 1.24. The standard InChI is InChI=1S/C27H32ClN5O3/c1-16(34)12-17-8-10-33(11-9-17)20-6-4-18(5-7-20)24-22(28)15-23-25(30-24)31-27(29-23)36-21-13-19(14-21)26(35)32(2)3/h4-7,15,17,19,21H,8-14H2,1-3H3,(H,29,30,31). The third-order valence-electron chi connectivity index (χ3n) is 7.26. The van der Waals surface area contributed by atoms with Crippen LogP contribution in [0.5, 0.6) is 6.01 Å². The highest BCUT2D eigenvalue weighted by Crippen LogP contribution is 2.34. The molecule has 1 aliphatic heterocycles. The fourth-order valence-electron chi connectivity index (χ4n) is 5.17. The van der Waals surface area contributed by atoms with Crippen LogP contribution in [0, 0.1) is 11.8 Å². The van der Waals surface area contributed by atoms with Crippen LogP contribution in [0.4, 0.5) is 5.69 Å². The number of hydrogen-bond acceptors (Lipinski definition) is 6. The summed E-state index contributed by atoms with van der Waals surface area (Å²) in [6, 6.07) is 10.5. The highest BCUT2D eigenvalue weighted by atomic mass is 35.5. The third kappa shape index (κ3) is 5.19. The van der Waals surface area contributed by atoms with Gasteiger partial charge in [-0.05, 0) is 56.7 Å². The summed E-state index contributed by atoms with van der Waals surface area (Å²) >= 11 is 6.59. The van der Waals surface area contributed by atoms with Gasteiger partial charge in [-0.1, -0.05) is 23.7 Å². The lowest BCUT2D eigenvalue weighted by Gasteiger charge is -2.34. The molecule has 1 aliphatic carbocycles. The Kier molecular flexibility index (Phi) is 6.88. The number of ketones is 1. The van der Waals surface area contributed by atoms with Gasteiger partial charge in [0.1, 0.15) is 11.9 Å². The molecule has 8 nitrogen and oxygen atoms in total. The van der Waals surface area contributed by atoms with Crippen LogP contribution in [0.1, 0.15) is 39.0 Å². The molecule has 1 amide bonds. The van der Waals surface area contributed by atoms with Crippen molar-refractivity contribution < 1.29 is 14.3 Å². The third-order valence-corrected chi connectivity index (χ3v) is 7.55. The first kappa shape index (κ1) is 24.6. The minimum Gasteiger partial charge on any atom is -0.461 e. The number of amides is 1. The van der Waals surface area contributed by atoms with E-state index in [4.69, 9.17) is 21.3 Å². The number of nitrogens with one attached hydrogen (secondary N) is 1. The Morgan fingerprint density at radius 1 is 1.14 bits per heavy atom. The highest BCUT2D eigenvalue weighted by molar-refractivity contribution is 6.33. The van der Waals surface area contributed by atoms with Crippen molar-refractivity contribution in [2.75, 3.05) is 32.1 Å². The van der Waals surface area contributed by atoms with Crippen molar-refractivity contribution in [3.63, 3.8) is 0 Å². The average molecular weight is 510 g/mol. The van der Waals surface area contributed by atoms with Gasteiger partial charge in [0.15, 0.2) is 5.65 Å². The van der Waals surface area contributed by atoms with Crippen LogP contribution < -0.4 is 9.64 Å². The molecule has 3 heterocycles. The zero-order valence-electron chi connectivity index (χ0n) is 21.0. The molecule has 1 N–H and O–H groups in total. The van der Waals surface area contributed by atoms with E-state index in [-0.39, 0.29) is 23.7 Å². The van der Waals surface area contributed by atoms with E-state index in [9.17, 15) is 9.59 Å². The van der Waals surface area contributed by atoms with E-state index in [1.54, 1.807) is 25.9 Å². The van der Waals surface area contributed by atoms with E-state index >= 15 is 0 Å². The SMILES string of the molecule is CC(=O)CC1CCN(c2ccc(-c3nc4nc(OC5CC(C(=O)N(C)C)C5)[nH]c4cc3Cl)cc2)CC1. The Hall–Kier alpha value is -3.13. The summed E-state index contributed by atoms with van der Waals surface area (Å²) < 4.78 is 5.95. The number of hydrogen-bond donors (Lipinski definition) is 1. The van der Waals surface area contributed by atoms with Gasteiger partial charge in [-0.15, -0.1) is 0 Å². The molecule has 0 spiro atoms. The molecule has 9 heteroatoms. The molecule has 1 saturated carbocycles. The van der Waals surface area contributed by atoms with Crippen molar-refractivity contribution in [3.05, 3.63) is 35.4 Å². The van der Waals surface area contributed by atoms with Gasteiger partial charge in [0.2, 0.25) is 5.91 Å². The first-order chi connectivity index (χ1) is 17.3. The lowest BCUT2D eigenvalue weighted by molar-refractivity contribution is -0.139. The van der Waals surface area contributed by atoms with E-state index in [0.717, 1.165) is 31.5 Å². The first-order valence-corrected chi connectivity index (χ1v) is 12.9. The quantitative estimate of drug-likeness (QED) is 0.495. The van der Waals surface area contributed by atoms with Crippen molar-refractivity contribution in [3.8, 4) is 17.3 Å². The maximum absolute atomic E-state index is 12.0. The van der Waals surface area contributed by atoms with Gasteiger partial charge in [-0.3, -0.25) is 4.79 Å². The number of carbonyl (C=O) groups is 2. The van der Waals surface area contributed by atoms with E-state index < -0.39 is 0 Å². The summed E-state index contributed by atoms with van der Waals surface area (Å²) in [5.74, 6) is 0.939. The second-order valence-electron chi connectivity index (χ2n) is 10.3. The number of nitrogens with zero attached hydrogens (tertiary/aromatic N) is 4. The molecule has 0 atom stereocenters. The van der Waals surface area contributed by atoms with E-state index in [0.29, 0.717) is 53.1 Å². The zero-order valence-corrected chi connectivity index (χ0v) is 21.7. The van der Waals surface area contributed by atoms with Gasteiger partial charge >= 0.3 is 0 Å². The van der Waals surface area contributed by atoms with E-state index in [2.05, 4.69) is 27.0 Å². The number of halogens is 1. The molecular weight excluding hydrogens is 478 g/mol. The number of imidazole rings is 1. The fourth-order valence-corrected chi connectivity index (χ4v) is 5.43. The molecule has 0 unspecified atom stereocenters. The Morgan fingerprint density at radius 3 is 2.47 bits per heavy atom. The normalized spacial score (nSPS) is 20.3. The predicted octanol–water partition coefficient (Wildman–Crippen LogP) is 4.72. The van der Waals surface area contributed by atoms with Crippen LogP contribution in [-0.4, -0.2) is 64.8 Å². The number of pyridine rings is 1. The van der Waals surface area contributed by atoms with Gasteiger partial charge in [-0.25, -0.2) is 4.98 Å². The molecule has 0 radical (unpaired) electrons. The summed E-state index contributed by atoms with van der Waals surface area (Å²) in [5.41, 5.74) is 4.02. The molecule has 5 rings (SSSR count). The average Bonchev–Trinajstić information content (AvgIpc) is 3.21. The Bertz CT molecular complexity index is 1260. The molecule has 3 aromatic rings. The van der Waals surface area contributed by atoms with Crippen LogP contribution in [-0.2, 0) is 9.59 Å². The molecule has 1 aromatic carbocycles. The number of rotatable bonds is 7. The summed E-state index contributed by atoms with van der Waals surface area (Å²) in [6.45, 7) is 3.60. The number of carbonyl (C=O) groups excluding carboxylic acids is 2. The van der Waals surface area contributed by atoms with Gasteiger partial charge in [0.05, 0.1) is 16.2 Å². The number of H-pyrrole nitrogens is 1. The van der Waals surface area contributed by atoms with Gasteiger partial charge in [0, 0.05) is 50.8 Å². The molecule has 2 aliphatic rings. The minimum atomic E-state index is -0.0329. The summed E-state index contributed by atoms with van der Waals surface area (Å²) in [7, 11) is 3.55. The van der Waals surface area contributed by atoms with Crippen LogP contribution in [0.3, 0.4) is 0 Å². The highest BCUT2D eigenvalue weighted by Gasteiger charge is 2.37. The largest absolute Gasteiger partial charge is 0.461 e. The smallest absolute Gasteiger partial charge is 0.296 e.